The van der Waals surface area contributed by atoms with Gasteiger partial charge in [0, 0.05) is 11.3 Å². The van der Waals surface area contributed by atoms with E-state index in [2.05, 4.69) is 23.5 Å². The third-order valence-corrected chi connectivity index (χ3v) is 5.84. The number of nitrogens with zero attached hydrogens (tertiary/aromatic N) is 1. The van der Waals surface area contributed by atoms with Gasteiger partial charge in [-0.05, 0) is 60.2 Å². The van der Waals surface area contributed by atoms with Crippen LogP contribution in [0.5, 0.6) is 11.5 Å². The minimum atomic E-state index is 0.589. The average molecular weight is 421 g/mol. The van der Waals surface area contributed by atoms with Crippen molar-refractivity contribution >= 4 is 46.1 Å². The van der Waals surface area contributed by atoms with Gasteiger partial charge in [-0.25, -0.2) is 0 Å². The van der Waals surface area contributed by atoms with Gasteiger partial charge in [0.15, 0.2) is 0 Å². The zero-order chi connectivity index (χ0) is 20.2. The highest BCUT2D eigenvalue weighted by Gasteiger charge is 2.16. The quantitative estimate of drug-likeness (QED) is 0.504. The third-order valence-electron chi connectivity index (χ3n) is 4.55. The number of methoxy groups -OCH3 is 2. The molecule has 4 rings (SSSR count). The molecule has 146 valence electrons. The maximum absolute atomic E-state index is 5.53. The van der Waals surface area contributed by atoms with Crippen molar-refractivity contribution in [3.05, 3.63) is 72.3 Å². The normalized spacial score (nSPS) is 13.0. The molecule has 1 aliphatic rings. The lowest BCUT2D eigenvalue weighted by atomic mass is 10.1. The van der Waals surface area contributed by atoms with Gasteiger partial charge in [-0.3, -0.25) is 4.99 Å². The van der Waals surface area contributed by atoms with Gasteiger partial charge in [-0.2, -0.15) is 0 Å². The monoisotopic (exact) mass is 420 g/mol. The van der Waals surface area contributed by atoms with Crippen LogP contribution in [-0.4, -0.2) is 24.9 Å². The summed E-state index contributed by atoms with van der Waals surface area (Å²) in [5, 5.41) is 3.32. The van der Waals surface area contributed by atoms with Crippen LogP contribution >= 0.6 is 24.0 Å². The zero-order valence-corrected chi connectivity index (χ0v) is 17.8. The minimum absolute atomic E-state index is 0.589. The number of hydrogen-bond donors (Lipinski definition) is 1. The first-order valence-electron chi connectivity index (χ1n) is 9.13. The van der Waals surface area contributed by atoms with Crippen LogP contribution in [0, 0.1) is 0 Å². The Bertz CT molecular complexity index is 1080. The van der Waals surface area contributed by atoms with Gasteiger partial charge in [0.2, 0.25) is 0 Å². The zero-order valence-electron chi connectivity index (χ0n) is 16.1. The Morgan fingerprint density at radius 1 is 0.966 bits per heavy atom. The predicted molar refractivity (Wildman–Crippen MR) is 124 cm³/mol. The highest BCUT2D eigenvalue weighted by atomic mass is 32.2. The van der Waals surface area contributed by atoms with Gasteiger partial charge in [0.05, 0.1) is 41.2 Å². The molecule has 3 aromatic carbocycles. The van der Waals surface area contributed by atoms with Gasteiger partial charge in [0.1, 0.15) is 11.5 Å². The molecule has 0 spiro atoms. The van der Waals surface area contributed by atoms with E-state index in [4.69, 9.17) is 26.7 Å². The first-order chi connectivity index (χ1) is 14.2. The van der Waals surface area contributed by atoms with Crippen LogP contribution in [0.4, 0.5) is 11.4 Å². The Morgan fingerprint density at radius 3 is 2.52 bits per heavy atom. The Balaban J connectivity index is 1.69. The fourth-order valence-corrected chi connectivity index (χ4v) is 4.29. The molecule has 0 saturated heterocycles. The van der Waals surface area contributed by atoms with Gasteiger partial charge >= 0.3 is 0 Å². The molecule has 1 aliphatic heterocycles. The summed E-state index contributed by atoms with van der Waals surface area (Å²) in [4.78, 5) is 7.84. The van der Waals surface area contributed by atoms with E-state index >= 15 is 0 Å². The average Bonchev–Trinajstić information content (AvgIpc) is 2.92. The smallest absolute Gasteiger partial charge is 0.132 e. The van der Waals surface area contributed by atoms with Crippen LogP contribution in [0.3, 0.4) is 0 Å². The molecule has 0 aromatic heterocycles. The molecule has 0 radical (unpaired) electrons. The molecule has 1 heterocycles. The highest BCUT2D eigenvalue weighted by Crippen LogP contribution is 2.39. The Hall–Kier alpha value is -2.83. The van der Waals surface area contributed by atoms with E-state index < -0.39 is 0 Å². The molecule has 0 fully saturated rings. The van der Waals surface area contributed by atoms with Crippen molar-refractivity contribution in [2.75, 3.05) is 19.5 Å². The summed E-state index contributed by atoms with van der Waals surface area (Å²) in [6.45, 7) is 0. The number of hydrogen-bond acceptors (Lipinski definition) is 5. The molecule has 29 heavy (non-hydrogen) atoms. The standard InChI is InChI=1S/C23H20N2O2S2/c1-26-16-9-7-15(8-10-16)19-14-23(28)25-18-12-11-17(13-20(18)24-19)29-22-6-4-3-5-21(22)27-2/h3-13H,14H2,1-2H3,(H,25,28). The molecule has 0 saturated carbocycles. The molecular formula is C23H20N2O2S2. The van der Waals surface area contributed by atoms with Crippen LogP contribution in [0.1, 0.15) is 12.0 Å². The van der Waals surface area contributed by atoms with Gasteiger partial charge in [0.25, 0.3) is 0 Å². The maximum atomic E-state index is 5.53. The van der Waals surface area contributed by atoms with Crippen molar-refractivity contribution < 1.29 is 9.47 Å². The highest BCUT2D eigenvalue weighted by molar-refractivity contribution is 7.99. The summed E-state index contributed by atoms with van der Waals surface area (Å²) in [5.74, 6) is 1.67. The summed E-state index contributed by atoms with van der Waals surface area (Å²) in [7, 11) is 3.35. The molecule has 6 heteroatoms. The number of para-hydroxylation sites is 1. The fraction of sp³-hybridized carbons (Fsp3) is 0.130. The number of nitrogens with one attached hydrogen (secondary N) is 1. The number of benzene rings is 3. The summed E-state index contributed by atoms with van der Waals surface area (Å²) in [6, 6.07) is 22.1. The minimum Gasteiger partial charge on any atom is -0.497 e. The van der Waals surface area contributed by atoms with Crippen molar-refractivity contribution in [2.24, 2.45) is 4.99 Å². The van der Waals surface area contributed by atoms with Gasteiger partial charge < -0.3 is 14.8 Å². The van der Waals surface area contributed by atoms with Crippen molar-refractivity contribution in [3.8, 4) is 11.5 Å². The van der Waals surface area contributed by atoms with E-state index in [0.717, 1.165) is 48.9 Å². The molecular weight excluding hydrogens is 400 g/mol. The summed E-state index contributed by atoms with van der Waals surface area (Å²) >= 11 is 7.18. The molecule has 0 bridgehead atoms. The lowest BCUT2D eigenvalue weighted by Crippen LogP contribution is -2.12. The number of aliphatic imine (C=N–C) groups is 1. The molecule has 3 aromatic rings. The number of thiocarbonyl (C=S) groups is 1. The van der Waals surface area contributed by atoms with Crippen LogP contribution in [0.2, 0.25) is 0 Å². The van der Waals surface area contributed by atoms with E-state index in [1.165, 1.54) is 0 Å². The number of anilines is 1. The molecule has 0 atom stereocenters. The molecule has 0 unspecified atom stereocenters. The third kappa shape index (κ3) is 4.44. The maximum Gasteiger partial charge on any atom is 0.132 e. The lowest BCUT2D eigenvalue weighted by Gasteiger charge is -2.10. The van der Waals surface area contributed by atoms with E-state index in [-0.39, 0.29) is 0 Å². The number of fused-ring (bicyclic) bond motifs is 1. The van der Waals surface area contributed by atoms with E-state index in [1.54, 1.807) is 26.0 Å². The van der Waals surface area contributed by atoms with Crippen LogP contribution in [0.15, 0.2) is 81.5 Å². The van der Waals surface area contributed by atoms with Gasteiger partial charge in [-0.15, -0.1) is 0 Å². The molecule has 1 N–H and O–H groups in total. The van der Waals surface area contributed by atoms with Crippen molar-refractivity contribution in [1.82, 2.24) is 0 Å². The van der Waals surface area contributed by atoms with Crippen molar-refractivity contribution in [3.63, 3.8) is 0 Å². The Morgan fingerprint density at radius 2 is 1.76 bits per heavy atom. The first kappa shape index (κ1) is 19.5. The summed E-state index contributed by atoms with van der Waals surface area (Å²) in [6.07, 6.45) is 0.589. The fourth-order valence-electron chi connectivity index (χ4n) is 3.08. The SMILES string of the molecule is COc1ccc(C2=Nc3cc(Sc4ccccc4OC)ccc3NC(=S)C2)cc1. The largest absolute Gasteiger partial charge is 0.497 e. The van der Waals surface area contributed by atoms with Crippen molar-refractivity contribution in [1.29, 1.82) is 0 Å². The Kier molecular flexibility index (Phi) is 5.83. The van der Waals surface area contributed by atoms with Crippen LogP contribution in [-0.2, 0) is 0 Å². The number of ether oxygens (including phenoxy) is 2. The summed E-state index contributed by atoms with van der Waals surface area (Å²) < 4.78 is 10.7. The lowest BCUT2D eigenvalue weighted by molar-refractivity contribution is 0.405. The Labute approximate surface area is 180 Å². The van der Waals surface area contributed by atoms with Crippen LogP contribution in [0.25, 0.3) is 0 Å². The van der Waals surface area contributed by atoms with E-state index in [9.17, 15) is 0 Å². The topological polar surface area (TPSA) is 42.9 Å². The first-order valence-corrected chi connectivity index (χ1v) is 10.4. The summed E-state index contributed by atoms with van der Waals surface area (Å²) in [5.41, 5.74) is 3.76. The second-order valence-corrected chi connectivity index (χ2v) is 8.05. The van der Waals surface area contributed by atoms with E-state index in [0.29, 0.717) is 6.42 Å². The van der Waals surface area contributed by atoms with Gasteiger partial charge in [-0.1, -0.05) is 36.1 Å². The second-order valence-electron chi connectivity index (χ2n) is 6.44. The van der Waals surface area contributed by atoms with Crippen LogP contribution < -0.4 is 14.8 Å². The number of rotatable bonds is 5. The van der Waals surface area contributed by atoms with E-state index in [1.807, 2.05) is 48.5 Å². The molecule has 0 aliphatic carbocycles. The second kappa shape index (κ2) is 8.68. The molecule has 0 amide bonds. The molecule has 4 nitrogen and oxygen atoms in total. The van der Waals surface area contributed by atoms with Crippen molar-refractivity contribution in [2.45, 2.75) is 16.2 Å². The predicted octanol–water partition coefficient (Wildman–Crippen LogP) is 6.12.